The highest BCUT2D eigenvalue weighted by molar-refractivity contribution is 5.80. The Bertz CT molecular complexity index is 422. The first-order chi connectivity index (χ1) is 9.04. The highest BCUT2D eigenvalue weighted by Gasteiger charge is 2.26. The zero-order valence-electron chi connectivity index (χ0n) is 11.1. The van der Waals surface area contributed by atoms with E-state index in [1.807, 2.05) is 25.1 Å². The van der Waals surface area contributed by atoms with E-state index >= 15 is 0 Å². The van der Waals surface area contributed by atoms with Crippen LogP contribution in [0.15, 0.2) is 30.3 Å². The van der Waals surface area contributed by atoms with Crippen molar-refractivity contribution in [2.45, 2.75) is 32.9 Å². The standard InChI is InChI=1S/C14H18FNO3/c1-3-10(2)12(13(15)17)16-14(18)19-9-11-7-5-4-6-8-11/h4-8,10,12H,3,9H2,1-2H3,(H,16,18)/t10-,12-/m0/s1. The molecule has 0 spiro atoms. The second kappa shape index (κ2) is 7.51. The Morgan fingerprint density at radius 3 is 2.47 bits per heavy atom. The average molecular weight is 267 g/mol. The van der Waals surface area contributed by atoms with Crippen molar-refractivity contribution in [3.8, 4) is 0 Å². The van der Waals surface area contributed by atoms with Crippen LogP contribution in [0.25, 0.3) is 0 Å². The minimum Gasteiger partial charge on any atom is -0.445 e. The van der Waals surface area contributed by atoms with Crippen molar-refractivity contribution in [3.63, 3.8) is 0 Å². The van der Waals surface area contributed by atoms with Crippen LogP contribution in [-0.2, 0) is 16.1 Å². The molecule has 1 rings (SSSR count). The summed E-state index contributed by atoms with van der Waals surface area (Å²) in [5, 5.41) is 2.25. The summed E-state index contributed by atoms with van der Waals surface area (Å²) in [5.41, 5.74) is 0.823. The zero-order valence-corrected chi connectivity index (χ0v) is 11.1. The molecule has 0 saturated heterocycles. The van der Waals surface area contributed by atoms with E-state index in [1.54, 1.807) is 19.1 Å². The maximum atomic E-state index is 12.8. The number of amides is 1. The molecule has 1 aromatic rings. The van der Waals surface area contributed by atoms with Crippen molar-refractivity contribution < 1.29 is 18.7 Å². The van der Waals surface area contributed by atoms with Crippen LogP contribution < -0.4 is 5.32 Å². The molecule has 19 heavy (non-hydrogen) atoms. The van der Waals surface area contributed by atoms with Gasteiger partial charge in [-0.3, -0.25) is 4.79 Å². The molecular weight excluding hydrogens is 249 g/mol. The summed E-state index contributed by atoms with van der Waals surface area (Å²) in [5.74, 6) is -0.276. The Morgan fingerprint density at radius 1 is 1.32 bits per heavy atom. The molecular formula is C14H18FNO3. The number of benzene rings is 1. The van der Waals surface area contributed by atoms with Gasteiger partial charge < -0.3 is 10.1 Å². The highest BCUT2D eigenvalue weighted by atomic mass is 19.1. The van der Waals surface area contributed by atoms with Crippen LogP contribution in [0.5, 0.6) is 0 Å². The van der Waals surface area contributed by atoms with Crippen LogP contribution in [0.3, 0.4) is 0 Å². The third-order valence-electron chi connectivity index (χ3n) is 2.94. The summed E-state index contributed by atoms with van der Waals surface area (Å²) in [6, 6.07) is 6.41. The molecule has 0 heterocycles. The number of nitrogens with one attached hydrogen (secondary N) is 1. The van der Waals surface area contributed by atoms with E-state index in [0.717, 1.165) is 5.56 Å². The summed E-state index contributed by atoms with van der Waals surface area (Å²) < 4.78 is 17.8. The fraction of sp³-hybridized carbons (Fsp3) is 0.429. The van der Waals surface area contributed by atoms with Crippen LogP contribution in [-0.4, -0.2) is 18.2 Å². The van der Waals surface area contributed by atoms with Crippen molar-refractivity contribution in [2.75, 3.05) is 0 Å². The van der Waals surface area contributed by atoms with Gasteiger partial charge in [0.05, 0.1) is 0 Å². The van der Waals surface area contributed by atoms with Crippen LogP contribution >= 0.6 is 0 Å². The van der Waals surface area contributed by atoms with E-state index in [9.17, 15) is 14.0 Å². The minimum absolute atomic E-state index is 0.0837. The Hall–Kier alpha value is -1.91. The molecule has 1 aromatic carbocycles. The van der Waals surface area contributed by atoms with E-state index < -0.39 is 18.2 Å². The molecule has 0 saturated carbocycles. The molecule has 0 aliphatic carbocycles. The van der Waals surface area contributed by atoms with Gasteiger partial charge in [-0.15, -0.1) is 0 Å². The largest absolute Gasteiger partial charge is 0.445 e. The van der Waals surface area contributed by atoms with Gasteiger partial charge in [-0.2, -0.15) is 4.39 Å². The second-order valence-electron chi connectivity index (χ2n) is 4.37. The Balaban J connectivity index is 2.47. The summed E-state index contributed by atoms with van der Waals surface area (Å²) in [4.78, 5) is 22.3. The fourth-order valence-electron chi connectivity index (χ4n) is 1.55. The van der Waals surface area contributed by atoms with E-state index in [2.05, 4.69) is 5.32 Å². The Kier molecular flexibility index (Phi) is 5.99. The third kappa shape index (κ3) is 5.07. The maximum Gasteiger partial charge on any atom is 0.408 e. The second-order valence-corrected chi connectivity index (χ2v) is 4.37. The zero-order chi connectivity index (χ0) is 14.3. The average Bonchev–Trinajstić information content (AvgIpc) is 2.42. The Labute approximate surface area is 112 Å². The van der Waals surface area contributed by atoms with Gasteiger partial charge in [0.15, 0.2) is 0 Å². The molecule has 0 aliphatic heterocycles. The van der Waals surface area contributed by atoms with Crippen LogP contribution in [0.1, 0.15) is 25.8 Å². The van der Waals surface area contributed by atoms with Crippen LogP contribution in [0, 0.1) is 5.92 Å². The molecule has 1 N–H and O–H groups in total. The predicted octanol–water partition coefficient (Wildman–Crippen LogP) is 2.82. The summed E-state index contributed by atoms with van der Waals surface area (Å²) >= 11 is 0. The van der Waals surface area contributed by atoms with Crippen molar-refractivity contribution >= 4 is 12.1 Å². The third-order valence-corrected chi connectivity index (χ3v) is 2.94. The number of carbonyl (C=O) groups excluding carboxylic acids is 2. The first-order valence-electron chi connectivity index (χ1n) is 6.21. The van der Waals surface area contributed by atoms with Gasteiger partial charge in [0.25, 0.3) is 0 Å². The lowest BCUT2D eigenvalue weighted by atomic mass is 10.0. The van der Waals surface area contributed by atoms with Gasteiger partial charge in [0.2, 0.25) is 0 Å². The fourth-order valence-corrected chi connectivity index (χ4v) is 1.55. The lowest BCUT2D eigenvalue weighted by Gasteiger charge is -2.19. The topological polar surface area (TPSA) is 55.4 Å². The Morgan fingerprint density at radius 2 is 1.95 bits per heavy atom. The molecule has 2 atom stereocenters. The lowest BCUT2D eigenvalue weighted by Crippen LogP contribution is -2.43. The monoisotopic (exact) mass is 267 g/mol. The van der Waals surface area contributed by atoms with Gasteiger partial charge in [0.1, 0.15) is 12.6 Å². The van der Waals surface area contributed by atoms with Crippen molar-refractivity contribution in [3.05, 3.63) is 35.9 Å². The molecule has 0 unspecified atom stereocenters. The summed E-state index contributed by atoms with van der Waals surface area (Å²) in [6.45, 7) is 3.59. The molecule has 5 heteroatoms. The first-order valence-corrected chi connectivity index (χ1v) is 6.21. The molecule has 104 valence electrons. The molecule has 0 bridgehead atoms. The summed E-state index contributed by atoms with van der Waals surface area (Å²) in [6.07, 6.45) is -0.209. The van der Waals surface area contributed by atoms with Gasteiger partial charge in [-0.25, -0.2) is 4.79 Å². The smallest absolute Gasteiger partial charge is 0.408 e. The normalized spacial score (nSPS) is 13.4. The van der Waals surface area contributed by atoms with E-state index in [1.165, 1.54) is 0 Å². The molecule has 0 radical (unpaired) electrons. The van der Waals surface area contributed by atoms with Crippen molar-refractivity contribution in [1.29, 1.82) is 0 Å². The van der Waals surface area contributed by atoms with E-state index in [0.29, 0.717) is 6.42 Å². The number of ether oxygens (including phenoxy) is 1. The summed E-state index contributed by atoms with van der Waals surface area (Å²) in [7, 11) is 0. The number of alkyl carbamates (subject to hydrolysis) is 1. The number of hydrogen-bond acceptors (Lipinski definition) is 3. The van der Waals surface area contributed by atoms with Crippen molar-refractivity contribution in [1.82, 2.24) is 5.32 Å². The molecule has 1 amide bonds. The predicted molar refractivity (Wildman–Crippen MR) is 69.1 cm³/mol. The molecule has 0 aliphatic rings. The SMILES string of the molecule is CC[C@H](C)[C@H](NC(=O)OCc1ccccc1)C(=O)F. The molecule has 0 fully saturated rings. The van der Waals surface area contributed by atoms with Crippen LogP contribution in [0.4, 0.5) is 9.18 Å². The number of rotatable bonds is 6. The van der Waals surface area contributed by atoms with Gasteiger partial charge in [-0.1, -0.05) is 50.6 Å². The van der Waals surface area contributed by atoms with Crippen molar-refractivity contribution in [2.24, 2.45) is 5.92 Å². The number of hydrogen-bond donors (Lipinski definition) is 1. The number of halogens is 1. The van der Waals surface area contributed by atoms with E-state index in [-0.39, 0.29) is 12.5 Å². The first kappa shape index (κ1) is 15.1. The lowest BCUT2D eigenvalue weighted by molar-refractivity contribution is -0.132. The van der Waals surface area contributed by atoms with Gasteiger partial charge >= 0.3 is 12.1 Å². The van der Waals surface area contributed by atoms with Gasteiger partial charge in [0, 0.05) is 0 Å². The van der Waals surface area contributed by atoms with Crippen LogP contribution in [0.2, 0.25) is 0 Å². The molecule has 0 aromatic heterocycles. The quantitative estimate of drug-likeness (QED) is 0.806. The maximum absolute atomic E-state index is 12.8. The highest BCUT2D eigenvalue weighted by Crippen LogP contribution is 2.10. The van der Waals surface area contributed by atoms with Gasteiger partial charge in [-0.05, 0) is 11.5 Å². The number of carbonyl (C=O) groups is 2. The van der Waals surface area contributed by atoms with E-state index in [4.69, 9.17) is 4.74 Å². The minimum atomic E-state index is -1.55. The molecule has 4 nitrogen and oxygen atoms in total.